The van der Waals surface area contributed by atoms with E-state index in [9.17, 15) is 9.90 Å². The number of phenols is 1. The lowest BCUT2D eigenvalue weighted by Gasteiger charge is -2.32. The van der Waals surface area contributed by atoms with Gasteiger partial charge in [-0.3, -0.25) is 4.79 Å². The molecule has 3 N–H and O–H groups in total. The molecule has 2 aromatic carbocycles. The molecule has 1 fully saturated rings. The van der Waals surface area contributed by atoms with Crippen molar-refractivity contribution in [2.75, 3.05) is 43.9 Å². The van der Waals surface area contributed by atoms with Crippen molar-refractivity contribution < 1.29 is 14.5 Å². The molecule has 0 bridgehead atoms. The Hall–Kier alpha value is -4.25. The van der Waals surface area contributed by atoms with Gasteiger partial charge in [-0.2, -0.15) is 0 Å². The Bertz CT molecular complexity index is 1350. The summed E-state index contributed by atoms with van der Waals surface area (Å²) in [6.45, 7) is 4.88. The van der Waals surface area contributed by atoms with Gasteiger partial charge in [0.25, 0.3) is 5.91 Å². The van der Waals surface area contributed by atoms with Crippen LogP contribution in [0.2, 0.25) is 0 Å². The van der Waals surface area contributed by atoms with Crippen LogP contribution >= 0.6 is 0 Å². The molecule has 11 heteroatoms. The molecular weight excluding hydrogens is 460 g/mol. The Kier molecular flexibility index (Phi) is 6.63. The smallest absolute Gasteiger partial charge is 0.257 e. The average molecular weight is 489 g/mol. The van der Waals surface area contributed by atoms with E-state index in [1.54, 1.807) is 23.1 Å². The lowest BCUT2D eigenvalue weighted by atomic mass is 10.0. The first-order valence-corrected chi connectivity index (χ1v) is 11.9. The van der Waals surface area contributed by atoms with E-state index in [1.165, 1.54) is 0 Å². The first kappa shape index (κ1) is 23.5. The molecule has 4 aromatic rings. The summed E-state index contributed by atoms with van der Waals surface area (Å²) >= 11 is 0. The number of nitrogens with one attached hydrogen (secondary N) is 2. The van der Waals surface area contributed by atoms with E-state index in [2.05, 4.69) is 42.7 Å². The molecule has 1 aliphatic heterocycles. The molecular formula is C25H28N8O3. The Balaban J connectivity index is 1.46. The highest BCUT2D eigenvalue weighted by Crippen LogP contribution is 2.34. The van der Waals surface area contributed by atoms with Gasteiger partial charge in [0.05, 0.1) is 17.3 Å². The molecule has 3 heterocycles. The Morgan fingerprint density at radius 3 is 2.39 bits per heavy atom. The van der Waals surface area contributed by atoms with E-state index < -0.39 is 0 Å². The molecule has 11 nitrogen and oxygen atoms in total. The number of piperazine rings is 1. The van der Waals surface area contributed by atoms with Crippen molar-refractivity contribution in [2.45, 2.75) is 19.4 Å². The van der Waals surface area contributed by atoms with Crippen LogP contribution in [-0.2, 0) is 0 Å². The summed E-state index contributed by atoms with van der Waals surface area (Å²) in [5, 5.41) is 25.2. The van der Waals surface area contributed by atoms with Crippen LogP contribution in [0, 0.1) is 0 Å². The number of aromatic hydroxyl groups is 1. The van der Waals surface area contributed by atoms with Crippen LogP contribution < -0.4 is 10.6 Å². The van der Waals surface area contributed by atoms with Crippen molar-refractivity contribution in [1.29, 1.82) is 0 Å². The molecule has 1 aliphatic rings. The largest absolute Gasteiger partial charge is 0.505 e. The first-order chi connectivity index (χ1) is 17.5. The minimum Gasteiger partial charge on any atom is -0.505 e. The Labute approximate surface area is 208 Å². The van der Waals surface area contributed by atoms with E-state index in [4.69, 9.17) is 4.63 Å². The monoisotopic (exact) mass is 488 g/mol. The van der Waals surface area contributed by atoms with Crippen molar-refractivity contribution in [3.63, 3.8) is 0 Å². The summed E-state index contributed by atoms with van der Waals surface area (Å²) in [5.74, 6) is 0.388. The maximum Gasteiger partial charge on any atom is 0.257 e. The second kappa shape index (κ2) is 10.2. The number of phenolic OH excluding ortho intramolecular Hbond substituents is 1. The van der Waals surface area contributed by atoms with Crippen LogP contribution in [0.25, 0.3) is 11.3 Å². The Morgan fingerprint density at radius 2 is 1.69 bits per heavy atom. The van der Waals surface area contributed by atoms with Crippen LogP contribution in [-0.4, -0.2) is 74.3 Å². The van der Waals surface area contributed by atoms with Gasteiger partial charge in [0, 0.05) is 26.2 Å². The van der Waals surface area contributed by atoms with Crippen molar-refractivity contribution in [3.05, 3.63) is 59.7 Å². The van der Waals surface area contributed by atoms with Crippen LogP contribution in [0.1, 0.15) is 35.3 Å². The summed E-state index contributed by atoms with van der Waals surface area (Å²) in [6, 6.07) is 15.0. The third kappa shape index (κ3) is 4.78. The molecule has 2 aromatic heterocycles. The molecule has 36 heavy (non-hydrogen) atoms. The lowest BCUT2D eigenvalue weighted by molar-refractivity contribution is 0.0661. The van der Waals surface area contributed by atoms with Crippen LogP contribution in [0.5, 0.6) is 5.75 Å². The molecule has 186 valence electrons. The SMILES string of the molecule is CC[C@@H](Nc1nc2nonc2nc1Nc1cccc(C(=O)N2CCN(C)CC2)c1O)c1ccccc1. The second-order valence-corrected chi connectivity index (χ2v) is 8.77. The van der Waals surface area contributed by atoms with Gasteiger partial charge in [0.1, 0.15) is 0 Å². The summed E-state index contributed by atoms with van der Waals surface area (Å²) in [6.07, 6.45) is 0.792. The molecule has 0 spiro atoms. The number of anilines is 3. The van der Waals surface area contributed by atoms with E-state index in [0.29, 0.717) is 30.4 Å². The average Bonchev–Trinajstić information content (AvgIpc) is 3.36. The number of carbonyl (C=O) groups excluding carboxylic acids is 1. The molecule has 0 aliphatic carbocycles. The van der Waals surface area contributed by atoms with Gasteiger partial charge in [-0.1, -0.05) is 43.3 Å². The van der Waals surface area contributed by atoms with Crippen LogP contribution in [0.4, 0.5) is 17.3 Å². The van der Waals surface area contributed by atoms with E-state index >= 15 is 0 Å². The minimum absolute atomic E-state index is 0.0443. The number of rotatable bonds is 7. The number of para-hydroxylation sites is 1. The number of hydrogen-bond donors (Lipinski definition) is 3. The summed E-state index contributed by atoms with van der Waals surface area (Å²) in [5.41, 5.74) is 2.13. The van der Waals surface area contributed by atoms with E-state index in [1.807, 2.05) is 37.4 Å². The van der Waals surface area contributed by atoms with E-state index in [0.717, 1.165) is 25.1 Å². The molecule has 0 radical (unpaired) electrons. The molecule has 1 saturated heterocycles. The number of nitrogens with zero attached hydrogens (tertiary/aromatic N) is 6. The molecule has 0 unspecified atom stereocenters. The number of benzene rings is 2. The van der Waals surface area contributed by atoms with Gasteiger partial charge < -0.3 is 25.5 Å². The van der Waals surface area contributed by atoms with Crippen molar-refractivity contribution in [3.8, 4) is 5.75 Å². The minimum atomic E-state index is -0.208. The number of hydrogen-bond acceptors (Lipinski definition) is 10. The first-order valence-electron chi connectivity index (χ1n) is 11.9. The molecule has 1 amide bonds. The number of amides is 1. The fourth-order valence-corrected chi connectivity index (χ4v) is 4.22. The van der Waals surface area contributed by atoms with Gasteiger partial charge >= 0.3 is 0 Å². The normalized spacial score (nSPS) is 15.1. The highest BCUT2D eigenvalue weighted by atomic mass is 16.6. The summed E-state index contributed by atoms with van der Waals surface area (Å²) in [4.78, 5) is 26.1. The Morgan fingerprint density at radius 1 is 1.00 bits per heavy atom. The molecule has 1 atom stereocenters. The zero-order valence-corrected chi connectivity index (χ0v) is 20.2. The molecule has 0 saturated carbocycles. The summed E-state index contributed by atoms with van der Waals surface area (Å²) < 4.78 is 4.81. The second-order valence-electron chi connectivity index (χ2n) is 8.77. The standard InChI is InChI=1S/C25H28N8O3/c1-3-18(16-8-5-4-6-9-16)26-21-22(29-24-23(28-21)30-36-31-24)27-19-11-7-10-17(20(19)34)25(35)33-14-12-32(2)13-15-33/h4-11,18,34H,3,12-15H2,1-2H3,(H,26,28,30)(H,27,29,31)/t18-/m1/s1. The third-order valence-electron chi connectivity index (χ3n) is 6.35. The van der Waals surface area contributed by atoms with Crippen molar-refractivity contribution in [2.24, 2.45) is 0 Å². The molecule has 5 rings (SSSR count). The fraction of sp³-hybridized carbons (Fsp3) is 0.320. The van der Waals surface area contributed by atoms with Crippen molar-refractivity contribution >= 4 is 34.5 Å². The number of carbonyl (C=O) groups is 1. The lowest BCUT2D eigenvalue weighted by Crippen LogP contribution is -2.47. The highest BCUT2D eigenvalue weighted by Gasteiger charge is 2.24. The van der Waals surface area contributed by atoms with Gasteiger partial charge in [0.15, 0.2) is 17.4 Å². The maximum absolute atomic E-state index is 13.1. The predicted molar refractivity (Wildman–Crippen MR) is 135 cm³/mol. The van der Waals surface area contributed by atoms with Gasteiger partial charge in [0.2, 0.25) is 11.3 Å². The number of aromatic nitrogens is 4. The maximum atomic E-state index is 13.1. The quantitative estimate of drug-likeness (QED) is 0.332. The topological polar surface area (TPSA) is 133 Å². The fourth-order valence-electron chi connectivity index (χ4n) is 4.22. The number of fused-ring (bicyclic) bond motifs is 1. The van der Waals surface area contributed by atoms with Crippen LogP contribution in [0.3, 0.4) is 0 Å². The highest BCUT2D eigenvalue weighted by molar-refractivity contribution is 5.99. The predicted octanol–water partition coefficient (Wildman–Crippen LogP) is 3.41. The third-order valence-corrected chi connectivity index (χ3v) is 6.35. The van der Waals surface area contributed by atoms with Gasteiger partial charge in [-0.05, 0) is 41.5 Å². The van der Waals surface area contributed by atoms with Crippen LogP contribution in [0.15, 0.2) is 53.2 Å². The zero-order chi connectivity index (χ0) is 25.1. The summed E-state index contributed by atoms with van der Waals surface area (Å²) in [7, 11) is 2.03. The van der Waals surface area contributed by atoms with E-state index in [-0.39, 0.29) is 34.6 Å². The van der Waals surface area contributed by atoms with Gasteiger partial charge in [-0.25, -0.2) is 14.6 Å². The van der Waals surface area contributed by atoms with Crippen molar-refractivity contribution in [1.82, 2.24) is 30.1 Å². The zero-order valence-electron chi connectivity index (χ0n) is 20.2. The van der Waals surface area contributed by atoms with Gasteiger partial charge in [-0.15, -0.1) is 0 Å². The number of likely N-dealkylation sites (N-methyl/N-ethyl adjacent to an activating group) is 1.